The highest BCUT2D eigenvalue weighted by atomic mass is 32.3. The Hall–Kier alpha value is -1.21. The smallest absolute Gasteiger partial charge is 0.00642 e. The fraction of sp³-hybridized carbons (Fsp3) is 0.200. The molecule has 0 unspecified atom stereocenters. The Labute approximate surface area is 101 Å². The minimum Gasteiger partial charge on any atom is -0.194 e. The summed E-state index contributed by atoms with van der Waals surface area (Å²) in [6, 6.07) is 10.7. The maximum atomic E-state index is 3.72. The van der Waals surface area contributed by atoms with E-state index in [1.165, 1.54) is 9.80 Å². The van der Waals surface area contributed by atoms with Crippen molar-refractivity contribution in [2.45, 2.75) is 11.8 Å². The van der Waals surface area contributed by atoms with Gasteiger partial charge in [0.1, 0.15) is 0 Å². The van der Waals surface area contributed by atoms with Gasteiger partial charge < -0.3 is 0 Å². The number of hydrogen-bond donors (Lipinski definition) is 0. The molecule has 0 amide bonds. The third-order valence-corrected chi connectivity index (χ3v) is 5.60. The van der Waals surface area contributed by atoms with E-state index in [1.54, 1.807) is 0 Å². The summed E-state index contributed by atoms with van der Waals surface area (Å²) in [5, 5.41) is 0. The van der Waals surface area contributed by atoms with E-state index in [2.05, 4.69) is 68.5 Å². The molecule has 0 aliphatic carbocycles. The van der Waals surface area contributed by atoms with Crippen LogP contribution in [0.2, 0.25) is 0 Å². The van der Waals surface area contributed by atoms with Crippen LogP contribution in [-0.2, 0) is 0 Å². The van der Waals surface area contributed by atoms with Crippen molar-refractivity contribution in [2.75, 3.05) is 12.5 Å². The molecule has 0 fully saturated rings. The monoisotopic (exact) mass is 232 g/mol. The van der Waals surface area contributed by atoms with Crippen LogP contribution in [0.3, 0.4) is 0 Å². The van der Waals surface area contributed by atoms with E-state index in [4.69, 9.17) is 0 Å². The summed E-state index contributed by atoms with van der Waals surface area (Å²) >= 11 is 0. The molecule has 86 valence electrons. The van der Waals surface area contributed by atoms with Crippen LogP contribution in [0.25, 0.3) is 0 Å². The van der Waals surface area contributed by atoms with Crippen molar-refractivity contribution in [1.29, 1.82) is 0 Å². The van der Waals surface area contributed by atoms with Crippen LogP contribution in [0.5, 0.6) is 0 Å². The Morgan fingerprint density at radius 3 is 2.31 bits per heavy atom. The predicted molar refractivity (Wildman–Crippen MR) is 77.2 cm³/mol. The minimum atomic E-state index is -0.897. The summed E-state index contributed by atoms with van der Waals surface area (Å²) < 4.78 is 0. The zero-order valence-electron chi connectivity index (χ0n) is 10.3. The van der Waals surface area contributed by atoms with Crippen molar-refractivity contribution in [2.24, 2.45) is 0 Å². The second-order valence-electron chi connectivity index (χ2n) is 3.93. The summed E-state index contributed by atoms with van der Waals surface area (Å²) in [6.45, 7) is 5.81. The van der Waals surface area contributed by atoms with E-state index in [1.807, 2.05) is 12.2 Å². The van der Waals surface area contributed by atoms with E-state index in [-0.39, 0.29) is 0 Å². The SMILES string of the molecule is C=C/C=C\C(=C/C)S(C)(C)c1ccccc1. The van der Waals surface area contributed by atoms with Gasteiger partial charge >= 0.3 is 0 Å². The third-order valence-electron chi connectivity index (χ3n) is 2.60. The van der Waals surface area contributed by atoms with Gasteiger partial charge in [-0.1, -0.05) is 49.1 Å². The molecule has 0 spiro atoms. The molecule has 1 rings (SSSR count). The number of rotatable bonds is 4. The van der Waals surface area contributed by atoms with E-state index in [0.717, 1.165) is 0 Å². The molecule has 0 aromatic heterocycles. The average molecular weight is 232 g/mol. The van der Waals surface area contributed by atoms with Gasteiger partial charge in [0.25, 0.3) is 0 Å². The lowest BCUT2D eigenvalue weighted by molar-refractivity contribution is 1.43. The third kappa shape index (κ3) is 2.89. The lowest BCUT2D eigenvalue weighted by atomic mass is 10.4. The van der Waals surface area contributed by atoms with Crippen molar-refractivity contribution >= 4 is 10.0 Å². The van der Waals surface area contributed by atoms with Gasteiger partial charge in [-0.2, -0.15) is 10.0 Å². The van der Waals surface area contributed by atoms with Crippen molar-refractivity contribution in [1.82, 2.24) is 0 Å². The molecular weight excluding hydrogens is 212 g/mol. The molecule has 0 saturated heterocycles. The van der Waals surface area contributed by atoms with Crippen LogP contribution in [0.4, 0.5) is 0 Å². The van der Waals surface area contributed by atoms with Gasteiger partial charge in [-0.3, -0.25) is 0 Å². The molecule has 1 heteroatoms. The molecule has 0 radical (unpaired) electrons. The molecule has 16 heavy (non-hydrogen) atoms. The standard InChI is InChI=1S/C15H20S/c1-5-7-11-14(6-2)16(3,4)15-12-9-8-10-13-15/h5-13H,1H2,2-4H3/b11-7-,14-6+. The van der Waals surface area contributed by atoms with E-state index < -0.39 is 10.0 Å². The zero-order chi connectivity index (χ0) is 12.0. The summed E-state index contributed by atoms with van der Waals surface area (Å²) in [4.78, 5) is 2.80. The number of hydrogen-bond acceptors (Lipinski definition) is 0. The maximum Gasteiger partial charge on any atom is -0.00642 e. The second-order valence-corrected chi connectivity index (χ2v) is 7.52. The van der Waals surface area contributed by atoms with Gasteiger partial charge in [-0.15, -0.1) is 0 Å². The molecule has 0 N–H and O–H groups in total. The fourth-order valence-electron chi connectivity index (χ4n) is 1.62. The van der Waals surface area contributed by atoms with Gasteiger partial charge in [-0.25, -0.2) is 0 Å². The van der Waals surface area contributed by atoms with Crippen molar-refractivity contribution in [3.8, 4) is 0 Å². The van der Waals surface area contributed by atoms with Crippen LogP contribution < -0.4 is 0 Å². The second kappa shape index (κ2) is 5.76. The highest BCUT2D eigenvalue weighted by Crippen LogP contribution is 2.56. The molecule has 0 aliphatic rings. The summed E-state index contributed by atoms with van der Waals surface area (Å²) in [5.74, 6) is 0. The van der Waals surface area contributed by atoms with Gasteiger partial charge in [0.15, 0.2) is 0 Å². The molecule has 0 nitrogen and oxygen atoms in total. The first-order valence-corrected chi connectivity index (χ1v) is 7.81. The molecular formula is C15H20S. The number of benzene rings is 1. The van der Waals surface area contributed by atoms with Gasteiger partial charge in [0, 0.05) is 0 Å². The molecule has 0 atom stereocenters. The lowest BCUT2D eigenvalue weighted by Crippen LogP contribution is -1.98. The molecule has 0 heterocycles. The highest BCUT2D eigenvalue weighted by molar-refractivity contribution is 8.35. The summed E-state index contributed by atoms with van der Waals surface area (Å²) in [7, 11) is -0.897. The maximum absolute atomic E-state index is 3.72. The van der Waals surface area contributed by atoms with E-state index in [0.29, 0.717) is 0 Å². The molecule has 1 aromatic rings. The highest BCUT2D eigenvalue weighted by Gasteiger charge is 2.16. The molecule has 0 bridgehead atoms. The van der Waals surface area contributed by atoms with Gasteiger partial charge in [0.05, 0.1) is 0 Å². The van der Waals surface area contributed by atoms with Crippen molar-refractivity contribution < 1.29 is 0 Å². The molecule has 0 aliphatic heterocycles. The van der Waals surface area contributed by atoms with Gasteiger partial charge in [-0.05, 0) is 41.4 Å². The van der Waals surface area contributed by atoms with Crippen LogP contribution in [0, 0.1) is 0 Å². The molecule has 1 aromatic carbocycles. The Morgan fingerprint density at radius 2 is 1.81 bits per heavy atom. The van der Waals surface area contributed by atoms with Gasteiger partial charge in [0.2, 0.25) is 0 Å². The first kappa shape index (κ1) is 12.9. The first-order valence-electron chi connectivity index (χ1n) is 5.37. The van der Waals surface area contributed by atoms with Crippen molar-refractivity contribution in [3.63, 3.8) is 0 Å². The zero-order valence-corrected chi connectivity index (χ0v) is 11.1. The van der Waals surface area contributed by atoms with E-state index >= 15 is 0 Å². The first-order chi connectivity index (χ1) is 7.62. The Bertz CT molecular complexity index is 397. The average Bonchev–Trinajstić information content (AvgIpc) is 2.31. The summed E-state index contributed by atoms with van der Waals surface area (Å²) in [6.07, 6.45) is 12.8. The number of allylic oxidation sites excluding steroid dienone is 4. The topological polar surface area (TPSA) is 0 Å². The summed E-state index contributed by atoms with van der Waals surface area (Å²) in [5.41, 5.74) is 0. The largest absolute Gasteiger partial charge is 0.194 e. The van der Waals surface area contributed by atoms with Crippen LogP contribution in [0.15, 0.2) is 71.0 Å². The normalized spacial score (nSPS) is 14.1. The predicted octanol–water partition coefficient (Wildman–Crippen LogP) is 4.76. The van der Waals surface area contributed by atoms with Crippen molar-refractivity contribution in [3.05, 3.63) is 66.1 Å². The van der Waals surface area contributed by atoms with Crippen LogP contribution in [0.1, 0.15) is 6.92 Å². The van der Waals surface area contributed by atoms with Crippen LogP contribution in [-0.4, -0.2) is 12.5 Å². The minimum absolute atomic E-state index is 0.897. The Kier molecular flexibility index (Phi) is 4.63. The Morgan fingerprint density at radius 1 is 1.19 bits per heavy atom. The quantitative estimate of drug-likeness (QED) is 0.657. The van der Waals surface area contributed by atoms with E-state index in [9.17, 15) is 0 Å². The van der Waals surface area contributed by atoms with Crippen LogP contribution >= 0.6 is 10.0 Å². The molecule has 0 saturated carbocycles. The fourth-order valence-corrected chi connectivity index (χ4v) is 3.74. The lowest BCUT2D eigenvalue weighted by Gasteiger charge is -2.33. The Balaban J connectivity index is 3.09.